The number of hydrogen-bond acceptors (Lipinski definition) is 5. The van der Waals surface area contributed by atoms with Gasteiger partial charge in [-0.2, -0.15) is 0 Å². The van der Waals surface area contributed by atoms with Crippen LogP contribution in [0.4, 0.5) is 0 Å². The number of hydrogen-bond donors (Lipinski definition) is 1. The second-order valence-corrected chi connectivity index (χ2v) is 4.95. The van der Waals surface area contributed by atoms with Gasteiger partial charge >= 0.3 is 5.97 Å². The van der Waals surface area contributed by atoms with Crippen molar-refractivity contribution in [2.45, 2.75) is 6.92 Å². The molecule has 2 heterocycles. The average Bonchev–Trinajstić information content (AvgIpc) is 2.93. The molecule has 0 radical (unpaired) electrons. The Morgan fingerprint density at radius 1 is 1.44 bits per heavy atom. The molecule has 5 nitrogen and oxygen atoms in total. The van der Waals surface area contributed by atoms with E-state index >= 15 is 0 Å². The van der Waals surface area contributed by atoms with Gasteiger partial charge < -0.3 is 9.52 Å². The Balaban J connectivity index is 2.22. The third-order valence-electron chi connectivity index (χ3n) is 2.48. The minimum absolute atomic E-state index is 0.142. The van der Waals surface area contributed by atoms with E-state index in [1.807, 2.05) is 6.92 Å². The van der Waals surface area contributed by atoms with E-state index in [-0.39, 0.29) is 5.56 Å². The first-order valence-corrected chi connectivity index (χ1v) is 6.02. The van der Waals surface area contributed by atoms with Gasteiger partial charge in [-0.25, -0.2) is 14.8 Å². The highest BCUT2D eigenvalue weighted by atomic mass is 32.1. The van der Waals surface area contributed by atoms with Crippen molar-refractivity contribution in [2.24, 2.45) is 0 Å². The Bertz CT molecular complexity index is 745. The summed E-state index contributed by atoms with van der Waals surface area (Å²) in [6.45, 7) is 1.89. The number of rotatable bonds is 2. The van der Waals surface area contributed by atoms with Crippen molar-refractivity contribution in [3.05, 3.63) is 35.0 Å². The summed E-state index contributed by atoms with van der Waals surface area (Å²) in [7, 11) is 0. The van der Waals surface area contributed by atoms with Crippen molar-refractivity contribution in [3.8, 4) is 10.8 Å². The molecule has 2 aromatic heterocycles. The number of para-hydroxylation sites is 1. The fourth-order valence-corrected chi connectivity index (χ4v) is 2.39. The zero-order valence-corrected chi connectivity index (χ0v) is 10.2. The molecule has 0 amide bonds. The van der Waals surface area contributed by atoms with Crippen LogP contribution in [-0.2, 0) is 0 Å². The van der Waals surface area contributed by atoms with Gasteiger partial charge in [0.15, 0.2) is 5.58 Å². The van der Waals surface area contributed by atoms with E-state index in [4.69, 9.17) is 9.52 Å². The molecule has 0 saturated carbocycles. The summed E-state index contributed by atoms with van der Waals surface area (Å²) in [6.07, 6.45) is 1.67. The van der Waals surface area contributed by atoms with Crippen molar-refractivity contribution in [2.75, 3.05) is 0 Å². The van der Waals surface area contributed by atoms with Crippen LogP contribution >= 0.6 is 11.3 Å². The number of aromatic nitrogens is 2. The Hall–Kier alpha value is -2.21. The normalized spacial score (nSPS) is 10.9. The van der Waals surface area contributed by atoms with E-state index in [2.05, 4.69) is 9.97 Å². The second kappa shape index (κ2) is 3.92. The second-order valence-electron chi connectivity index (χ2n) is 3.72. The zero-order chi connectivity index (χ0) is 12.7. The Morgan fingerprint density at radius 2 is 2.28 bits per heavy atom. The maximum Gasteiger partial charge on any atom is 0.338 e. The minimum Gasteiger partial charge on any atom is -0.478 e. The van der Waals surface area contributed by atoms with Gasteiger partial charge in [0, 0.05) is 0 Å². The standard InChI is InChI=1S/C12H8N2O3S/c1-6-13-5-9(18-6)11-14-10-7(12(15)16)3-2-4-8(10)17-11/h2-5H,1H3,(H,15,16). The van der Waals surface area contributed by atoms with Gasteiger partial charge in [0.05, 0.1) is 16.8 Å². The number of fused-ring (bicyclic) bond motifs is 1. The maximum absolute atomic E-state index is 11.1. The first-order valence-electron chi connectivity index (χ1n) is 5.21. The van der Waals surface area contributed by atoms with E-state index in [1.54, 1.807) is 18.3 Å². The molecular weight excluding hydrogens is 252 g/mol. The summed E-state index contributed by atoms with van der Waals surface area (Å²) in [6, 6.07) is 4.85. The molecule has 18 heavy (non-hydrogen) atoms. The van der Waals surface area contributed by atoms with Crippen LogP contribution in [0.15, 0.2) is 28.8 Å². The maximum atomic E-state index is 11.1. The molecule has 3 rings (SSSR count). The molecule has 3 aromatic rings. The smallest absolute Gasteiger partial charge is 0.338 e. The molecule has 0 bridgehead atoms. The van der Waals surface area contributed by atoms with Gasteiger partial charge in [-0.1, -0.05) is 6.07 Å². The molecule has 0 saturated heterocycles. The van der Waals surface area contributed by atoms with Gasteiger partial charge in [-0.3, -0.25) is 0 Å². The topological polar surface area (TPSA) is 76.2 Å². The molecule has 0 spiro atoms. The summed E-state index contributed by atoms with van der Waals surface area (Å²) in [5, 5.41) is 9.98. The summed E-state index contributed by atoms with van der Waals surface area (Å²) < 4.78 is 5.55. The van der Waals surface area contributed by atoms with Crippen molar-refractivity contribution < 1.29 is 14.3 Å². The van der Waals surface area contributed by atoms with Crippen LogP contribution < -0.4 is 0 Å². The Labute approximate surface area is 106 Å². The van der Waals surface area contributed by atoms with Crippen molar-refractivity contribution >= 4 is 28.4 Å². The van der Waals surface area contributed by atoms with Gasteiger partial charge in [0.2, 0.25) is 5.89 Å². The van der Waals surface area contributed by atoms with Gasteiger partial charge in [-0.15, -0.1) is 11.3 Å². The Kier molecular flexibility index (Phi) is 2.38. The number of aryl methyl sites for hydroxylation is 1. The van der Waals surface area contributed by atoms with Crippen LogP contribution in [0.1, 0.15) is 15.4 Å². The van der Waals surface area contributed by atoms with Crippen LogP contribution in [0.25, 0.3) is 21.9 Å². The number of aromatic carboxylic acids is 1. The SMILES string of the molecule is Cc1ncc(-c2nc3c(C(=O)O)cccc3o2)s1. The van der Waals surface area contributed by atoms with Gasteiger partial charge in [-0.05, 0) is 19.1 Å². The summed E-state index contributed by atoms with van der Waals surface area (Å²) in [5.74, 6) is -0.606. The predicted molar refractivity (Wildman–Crippen MR) is 66.8 cm³/mol. The van der Waals surface area contributed by atoms with Gasteiger partial charge in [0.1, 0.15) is 10.4 Å². The fourth-order valence-electron chi connectivity index (χ4n) is 1.69. The highest BCUT2D eigenvalue weighted by Gasteiger charge is 2.16. The van der Waals surface area contributed by atoms with Crippen molar-refractivity contribution in [1.29, 1.82) is 0 Å². The number of carboxylic acid groups (broad SMARTS) is 1. The molecule has 0 aliphatic heterocycles. The molecule has 1 aromatic carbocycles. The third kappa shape index (κ3) is 1.67. The summed E-state index contributed by atoms with van der Waals surface area (Å²) >= 11 is 1.46. The monoisotopic (exact) mass is 260 g/mol. The van der Waals surface area contributed by atoms with E-state index in [0.29, 0.717) is 17.0 Å². The van der Waals surface area contributed by atoms with Crippen LogP contribution in [0, 0.1) is 6.92 Å². The van der Waals surface area contributed by atoms with Crippen LogP contribution in [-0.4, -0.2) is 21.0 Å². The predicted octanol–water partition coefficient (Wildman–Crippen LogP) is 2.96. The number of oxazole rings is 1. The minimum atomic E-state index is -1.01. The fraction of sp³-hybridized carbons (Fsp3) is 0.0833. The first-order chi connectivity index (χ1) is 8.65. The largest absolute Gasteiger partial charge is 0.478 e. The number of benzene rings is 1. The molecule has 6 heteroatoms. The number of thiazole rings is 1. The lowest BCUT2D eigenvalue weighted by Crippen LogP contribution is -1.96. The quantitative estimate of drug-likeness (QED) is 0.766. The third-order valence-corrected chi connectivity index (χ3v) is 3.38. The molecule has 0 fully saturated rings. The first kappa shape index (κ1) is 10.9. The summed E-state index contributed by atoms with van der Waals surface area (Å²) in [5.41, 5.74) is 0.978. The average molecular weight is 260 g/mol. The zero-order valence-electron chi connectivity index (χ0n) is 9.38. The molecule has 1 N–H and O–H groups in total. The van der Waals surface area contributed by atoms with Crippen LogP contribution in [0.5, 0.6) is 0 Å². The Morgan fingerprint density at radius 3 is 2.94 bits per heavy atom. The van der Waals surface area contributed by atoms with E-state index in [1.165, 1.54) is 17.4 Å². The lowest BCUT2D eigenvalue weighted by Gasteiger charge is -1.92. The van der Waals surface area contributed by atoms with E-state index in [9.17, 15) is 4.79 Å². The van der Waals surface area contributed by atoms with Gasteiger partial charge in [0.25, 0.3) is 0 Å². The molecular formula is C12H8N2O3S. The van der Waals surface area contributed by atoms with Crippen LogP contribution in [0.2, 0.25) is 0 Å². The van der Waals surface area contributed by atoms with E-state index in [0.717, 1.165) is 9.88 Å². The molecule has 0 aliphatic carbocycles. The van der Waals surface area contributed by atoms with Crippen LogP contribution in [0.3, 0.4) is 0 Å². The highest BCUT2D eigenvalue weighted by molar-refractivity contribution is 7.14. The molecule has 0 unspecified atom stereocenters. The number of carbonyl (C=O) groups is 1. The highest BCUT2D eigenvalue weighted by Crippen LogP contribution is 2.29. The number of carboxylic acids is 1. The van der Waals surface area contributed by atoms with E-state index < -0.39 is 5.97 Å². The summed E-state index contributed by atoms with van der Waals surface area (Å²) in [4.78, 5) is 20.2. The molecule has 0 aliphatic rings. The number of nitrogens with zero attached hydrogens (tertiary/aromatic N) is 2. The lowest BCUT2D eigenvalue weighted by atomic mass is 10.2. The van der Waals surface area contributed by atoms with Crippen molar-refractivity contribution in [1.82, 2.24) is 9.97 Å². The molecule has 90 valence electrons. The lowest BCUT2D eigenvalue weighted by molar-refractivity contribution is 0.0699. The molecule has 0 atom stereocenters. The van der Waals surface area contributed by atoms with Crippen molar-refractivity contribution in [3.63, 3.8) is 0 Å².